The fourth-order valence-electron chi connectivity index (χ4n) is 3.50. The second kappa shape index (κ2) is 6.55. The maximum atomic E-state index is 13.0. The third-order valence-electron chi connectivity index (χ3n) is 4.75. The van der Waals surface area contributed by atoms with Crippen LogP contribution in [0.2, 0.25) is 0 Å². The molecule has 1 amide bonds. The fourth-order valence-corrected chi connectivity index (χ4v) is 3.50. The molecule has 3 aromatic rings. The molecule has 0 aliphatic carbocycles. The Morgan fingerprint density at radius 1 is 1.16 bits per heavy atom. The number of carbonyl (C=O) groups is 1. The Morgan fingerprint density at radius 2 is 2.00 bits per heavy atom. The molecule has 128 valence electrons. The minimum absolute atomic E-state index is 0.0102. The molecule has 25 heavy (non-hydrogen) atoms. The summed E-state index contributed by atoms with van der Waals surface area (Å²) in [6.45, 7) is 1.40. The number of hydrogen-bond donors (Lipinski definition) is 0. The van der Waals surface area contributed by atoms with Gasteiger partial charge in [0.05, 0.1) is 12.7 Å². The van der Waals surface area contributed by atoms with Crippen molar-refractivity contribution in [1.29, 1.82) is 0 Å². The number of methoxy groups -OCH3 is 1. The lowest BCUT2D eigenvalue weighted by atomic mass is 9.96. The fraction of sp³-hybridized carbons (Fsp3) is 0.316. The van der Waals surface area contributed by atoms with Gasteiger partial charge in [-0.2, -0.15) is 0 Å². The molecular weight excluding hydrogens is 316 g/mol. The van der Waals surface area contributed by atoms with Gasteiger partial charge in [-0.25, -0.2) is 0 Å². The Morgan fingerprint density at radius 3 is 2.88 bits per heavy atom. The van der Waals surface area contributed by atoms with Crippen LogP contribution >= 0.6 is 0 Å². The maximum absolute atomic E-state index is 13.0. The van der Waals surface area contributed by atoms with Crippen LogP contribution in [0.3, 0.4) is 0 Å². The van der Waals surface area contributed by atoms with Gasteiger partial charge in [0.15, 0.2) is 5.65 Å². The summed E-state index contributed by atoms with van der Waals surface area (Å²) in [5.41, 5.74) is 1.45. The topological polar surface area (TPSA) is 59.7 Å². The number of pyridine rings is 1. The van der Waals surface area contributed by atoms with Crippen LogP contribution in [0.5, 0.6) is 5.75 Å². The zero-order chi connectivity index (χ0) is 17.2. The highest BCUT2D eigenvalue weighted by molar-refractivity contribution is 5.97. The Balaban J connectivity index is 1.60. The molecule has 2 aromatic heterocycles. The molecule has 1 saturated heterocycles. The summed E-state index contributed by atoms with van der Waals surface area (Å²) in [5.74, 6) is 1.73. The first-order chi connectivity index (χ1) is 12.3. The Hall–Kier alpha value is -2.89. The third-order valence-corrected chi connectivity index (χ3v) is 4.75. The van der Waals surface area contributed by atoms with Gasteiger partial charge in [0.1, 0.15) is 11.6 Å². The standard InChI is InChI=1S/C19H20N4O2/c1-25-16-9-3-2-8-15(16)19(24)22-11-6-7-14(13-22)18-21-20-17-10-4-5-12-23(17)18/h2-5,8-10,12,14H,6-7,11,13H2,1H3. The number of aromatic nitrogens is 3. The maximum Gasteiger partial charge on any atom is 0.257 e. The van der Waals surface area contributed by atoms with Crippen molar-refractivity contribution < 1.29 is 9.53 Å². The van der Waals surface area contributed by atoms with Gasteiger partial charge in [-0.1, -0.05) is 18.2 Å². The minimum Gasteiger partial charge on any atom is -0.496 e. The summed E-state index contributed by atoms with van der Waals surface area (Å²) in [7, 11) is 1.59. The molecule has 0 radical (unpaired) electrons. The number of piperidine rings is 1. The first-order valence-electron chi connectivity index (χ1n) is 8.50. The van der Waals surface area contributed by atoms with Crippen molar-refractivity contribution in [2.24, 2.45) is 0 Å². The number of carbonyl (C=O) groups excluding carboxylic acids is 1. The van der Waals surface area contributed by atoms with Crippen molar-refractivity contribution in [3.63, 3.8) is 0 Å². The predicted octanol–water partition coefficient (Wildman–Crippen LogP) is 2.76. The van der Waals surface area contributed by atoms with Gasteiger partial charge in [-0.3, -0.25) is 9.20 Å². The molecular formula is C19H20N4O2. The minimum atomic E-state index is 0.0102. The molecule has 0 saturated carbocycles. The largest absolute Gasteiger partial charge is 0.496 e. The number of likely N-dealkylation sites (tertiary alicyclic amines) is 1. The number of rotatable bonds is 3. The van der Waals surface area contributed by atoms with Gasteiger partial charge in [0.2, 0.25) is 0 Å². The average molecular weight is 336 g/mol. The molecule has 6 heteroatoms. The summed E-state index contributed by atoms with van der Waals surface area (Å²) in [6, 6.07) is 13.2. The van der Waals surface area contributed by atoms with Crippen LogP contribution in [0.1, 0.15) is 34.9 Å². The summed E-state index contributed by atoms with van der Waals surface area (Å²) in [4.78, 5) is 14.9. The van der Waals surface area contributed by atoms with E-state index in [0.717, 1.165) is 30.9 Å². The molecule has 6 nitrogen and oxygen atoms in total. The SMILES string of the molecule is COc1ccccc1C(=O)N1CCCC(c2nnc3ccccn23)C1. The zero-order valence-corrected chi connectivity index (χ0v) is 14.1. The second-order valence-corrected chi connectivity index (χ2v) is 6.28. The van der Waals surface area contributed by atoms with Crippen LogP contribution in [0.25, 0.3) is 5.65 Å². The third kappa shape index (κ3) is 2.84. The lowest BCUT2D eigenvalue weighted by Crippen LogP contribution is -2.39. The van der Waals surface area contributed by atoms with Crippen molar-refractivity contribution in [1.82, 2.24) is 19.5 Å². The lowest BCUT2D eigenvalue weighted by Gasteiger charge is -2.32. The highest BCUT2D eigenvalue weighted by atomic mass is 16.5. The predicted molar refractivity (Wildman–Crippen MR) is 93.9 cm³/mol. The van der Waals surface area contributed by atoms with E-state index in [1.807, 2.05) is 58.0 Å². The van der Waals surface area contributed by atoms with Crippen molar-refractivity contribution in [2.75, 3.05) is 20.2 Å². The van der Waals surface area contributed by atoms with Crippen LogP contribution in [0, 0.1) is 0 Å². The highest BCUT2D eigenvalue weighted by Crippen LogP contribution is 2.28. The van der Waals surface area contributed by atoms with Gasteiger partial charge < -0.3 is 9.64 Å². The van der Waals surface area contributed by atoms with E-state index >= 15 is 0 Å². The zero-order valence-electron chi connectivity index (χ0n) is 14.1. The van der Waals surface area contributed by atoms with Crippen molar-refractivity contribution in [3.05, 3.63) is 60.0 Å². The number of amides is 1. The van der Waals surface area contributed by atoms with E-state index in [0.29, 0.717) is 17.9 Å². The highest BCUT2D eigenvalue weighted by Gasteiger charge is 2.29. The van der Waals surface area contributed by atoms with Crippen LogP contribution in [-0.2, 0) is 0 Å². The van der Waals surface area contributed by atoms with E-state index in [-0.39, 0.29) is 11.8 Å². The number of hydrogen-bond acceptors (Lipinski definition) is 4. The molecule has 0 spiro atoms. The second-order valence-electron chi connectivity index (χ2n) is 6.28. The molecule has 3 heterocycles. The van der Waals surface area contributed by atoms with Crippen molar-refractivity contribution in [3.8, 4) is 5.75 Å². The molecule has 1 unspecified atom stereocenters. The van der Waals surface area contributed by atoms with Crippen LogP contribution in [0.15, 0.2) is 48.7 Å². The normalized spacial score (nSPS) is 17.6. The molecule has 1 fully saturated rings. The van der Waals surface area contributed by atoms with Gasteiger partial charge in [-0.05, 0) is 37.1 Å². The monoisotopic (exact) mass is 336 g/mol. The molecule has 1 aromatic carbocycles. The van der Waals surface area contributed by atoms with Crippen molar-refractivity contribution in [2.45, 2.75) is 18.8 Å². The summed E-state index contributed by atoms with van der Waals surface area (Å²) in [5, 5.41) is 8.61. The number of para-hydroxylation sites is 1. The number of fused-ring (bicyclic) bond motifs is 1. The molecule has 1 aliphatic rings. The van der Waals surface area contributed by atoms with E-state index in [1.165, 1.54) is 0 Å². The van der Waals surface area contributed by atoms with E-state index in [4.69, 9.17) is 4.74 Å². The quantitative estimate of drug-likeness (QED) is 0.738. The number of nitrogens with zero attached hydrogens (tertiary/aromatic N) is 4. The Bertz CT molecular complexity index is 905. The molecule has 0 N–H and O–H groups in total. The summed E-state index contributed by atoms with van der Waals surface area (Å²) < 4.78 is 7.36. The molecule has 0 bridgehead atoms. The van der Waals surface area contributed by atoms with Gasteiger partial charge in [0.25, 0.3) is 5.91 Å². The van der Waals surface area contributed by atoms with Crippen LogP contribution < -0.4 is 4.74 Å². The molecule has 4 rings (SSSR count). The van der Waals surface area contributed by atoms with Crippen LogP contribution in [-0.4, -0.2) is 45.6 Å². The first-order valence-corrected chi connectivity index (χ1v) is 8.50. The van der Waals surface area contributed by atoms with Gasteiger partial charge in [0, 0.05) is 25.2 Å². The Kier molecular flexibility index (Phi) is 4.09. The van der Waals surface area contributed by atoms with Crippen molar-refractivity contribution >= 4 is 11.6 Å². The molecule has 1 aliphatic heterocycles. The smallest absolute Gasteiger partial charge is 0.257 e. The Labute approximate surface area is 146 Å². The summed E-state index contributed by atoms with van der Waals surface area (Å²) in [6.07, 6.45) is 3.93. The number of ether oxygens (including phenoxy) is 1. The van der Waals surface area contributed by atoms with E-state index < -0.39 is 0 Å². The summed E-state index contributed by atoms with van der Waals surface area (Å²) >= 11 is 0. The van der Waals surface area contributed by atoms with Gasteiger partial charge >= 0.3 is 0 Å². The van der Waals surface area contributed by atoms with Gasteiger partial charge in [-0.15, -0.1) is 10.2 Å². The lowest BCUT2D eigenvalue weighted by molar-refractivity contribution is 0.0701. The average Bonchev–Trinajstić information content (AvgIpc) is 3.11. The van der Waals surface area contributed by atoms with E-state index in [9.17, 15) is 4.79 Å². The molecule has 1 atom stereocenters. The van der Waals surface area contributed by atoms with E-state index in [1.54, 1.807) is 7.11 Å². The number of benzene rings is 1. The van der Waals surface area contributed by atoms with Crippen LogP contribution in [0.4, 0.5) is 0 Å². The first kappa shape index (κ1) is 15.6. The van der Waals surface area contributed by atoms with E-state index in [2.05, 4.69) is 10.2 Å².